The van der Waals surface area contributed by atoms with E-state index in [4.69, 9.17) is 6.42 Å². The number of terminal acetylenes is 1. The molecule has 0 bridgehead atoms. The maximum absolute atomic E-state index is 5.55. The number of aryl methyl sites for hydroxylation is 1. The highest BCUT2D eigenvalue weighted by Gasteiger charge is 2.43. The van der Waals surface area contributed by atoms with Gasteiger partial charge in [-0.05, 0) is 43.0 Å². The van der Waals surface area contributed by atoms with Gasteiger partial charge in [-0.3, -0.25) is 0 Å². The van der Waals surface area contributed by atoms with Crippen LogP contribution in [0, 0.1) is 19.3 Å². The Morgan fingerprint density at radius 2 is 2.15 bits per heavy atom. The molecule has 0 aliphatic heterocycles. The lowest BCUT2D eigenvalue weighted by molar-refractivity contribution is 0.915. The van der Waals surface area contributed by atoms with Crippen molar-refractivity contribution in [1.29, 1.82) is 0 Å². The molecule has 0 atom stereocenters. The zero-order valence-corrected chi connectivity index (χ0v) is 9.19. The molecular weight excluding hydrogens is 224 g/mol. The van der Waals surface area contributed by atoms with Crippen molar-refractivity contribution in [1.82, 2.24) is 0 Å². The van der Waals surface area contributed by atoms with Crippen LogP contribution in [0.25, 0.3) is 0 Å². The summed E-state index contributed by atoms with van der Waals surface area (Å²) < 4.78 is 1.13. The SMILES string of the molecule is C#CC1(c2ccc(Br)cc2C)CC1. The molecular formula is C12H11Br. The molecule has 1 saturated carbocycles. The van der Waals surface area contributed by atoms with Crippen LogP contribution in [0.3, 0.4) is 0 Å². The van der Waals surface area contributed by atoms with Crippen molar-refractivity contribution in [2.75, 3.05) is 0 Å². The van der Waals surface area contributed by atoms with Gasteiger partial charge in [-0.1, -0.05) is 27.9 Å². The lowest BCUT2D eigenvalue weighted by Gasteiger charge is -2.11. The molecule has 0 amide bonds. The molecule has 1 aliphatic carbocycles. The third kappa shape index (κ3) is 1.40. The summed E-state index contributed by atoms with van der Waals surface area (Å²) in [6, 6.07) is 6.35. The number of rotatable bonds is 1. The van der Waals surface area contributed by atoms with Gasteiger partial charge in [-0.2, -0.15) is 0 Å². The first kappa shape index (κ1) is 8.84. The first-order chi connectivity index (χ1) is 6.18. The summed E-state index contributed by atoms with van der Waals surface area (Å²) in [7, 11) is 0. The van der Waals surface area contributed by atoms with Crippen molar-refractivity contribution in [2.24, 2.45) is 0 Å². The van der Waals surface area contributed by atoms with Crippen molar-refractivity contribution in [3.05, 3.63) is 33.8 Å². The van der Waals surface area contributed by atoms with Gasteiger partial charge < -0.3 is 0 Å². The molecule has 0 unspecified atom stereocenters. The van der Waals surface area contributed by atoms with Gasteiger partial charge in [0.2, 0.25) is 0 Å². The van der Waals surface area contributed by atoms with Crippen molar-refractivity contribution < 1.29 is 0 Å². The Morgan fingerprint density at radius 3 is 2.62 bits per heavy atom. The monoisotopic (exact) mass is 234 g/mol. The fourth-order valence-corrected chi connectivity index (χ4v) is 2.26. The molecule has 13 heavy (non-hydrogen) atoms. The van der Waals surface area contributed by atoms with Crippen LogP contribution in [0.2, 0.25) is 0 Å². The van der Waals surface area contributed by atoms with Gasteiger partial charge in [-0.15, -0.1) is 6.42 Å². The van der Waals surface area contributed by atoms with Gasteiger partial charge >= 0.3 is 0 Å². The molecule has 0 radical (unpaired) electrons. The highest BCUT2D eigenvalue weighted by Crippen LogP contribution is 2.48. The first-order valence-electron chi connectivity index (χ1n) is 4.42. The van der Waals surface area contributed by atoms with Crippen LogP contribution in [0.4, 0.5) is 0 Å². The summed E-state index contributed by atoms with van der Waals surface area (Å²) in [5.74, 6) is 2.91. The molecule has 1 fully saturated rings. The van der Waals surface area contributed by atoms with E-state index in [2.05, 4.69) is 47.0 Å². The summed E-state index contributed by atoms with van der Waals surface area (Å²) in [4.78, 5) is 0. The Balaban J connectivity index is 2.48. The van der Waals surface area contributed by atoms with Crippen LogP contribution in [-0.4, -0.2) is 0 Å². The fourth-order valence-electron chi connectivity index (χ4n) is 1.78. The van der Waals surface area contributed by atoms with Gasteiger partial charge in [0.15, 0.2) is 0 Å². The van der Waals surface area contributed by atoms with Crippen LogP contribution >= 0.6 is 15.9 Å². The standard InChI is InChI=1S/C12H11Br/c1-3-12(6-7-12)11-5-4-10(13)8-9(11)2/h1,4-5,8H,6-7H2,2H3. The average molecular weight is 235 g/mol. The second-order valence-corrected chi connectivity index (χ2v) is 4.60. The molecule has 0 N–H and O–H groups in total. The van der Waals surface area contributed by atoms with Crippen molar-refractivity contribution in [3.63, 3.8) is 0 Å². The number of halogens is 1. The lowest BCUT2D eigenvalue weighted by Crippen LogP contribution is -2.04. The highest BCUT2D eigenvalue weighted by atomic mass is 79.9. The molecule has 0 nitrogen and oxygen atoms in total. The molecule has 0 aromatic heterocycles. The van der Waals surface area contributed by atoms with E-state index in [1.807, 2.05) is 0 Å². The van der Waals surface area contributed by atoms with E-state index < -0.39 is 0 Å². The van der Waals surface area contributed by atoms with Crippen LogP contribution in [0.1, 0.15) is 24.0 Å². The van der Waals surface area contributed by atoms with Crippen molar-refractivity contribution >= 4 is 15.9 Å². The third-order valence-electron chi connectivity index (χ3n) is 2.73. The van der Waals surface area contributed by atoms with E-state index in [1.54, 1.807) is 0 Å². The molecule has 0 saturated heterocycles. The number of hydrogen-bond acceptors (Lipinski definition) is 0. The van der Waals surface area contributed by atoms with Gasteiger partial charge in [0.1, 0.15) is 0 Å². The normalized spacial score (nSPS) is 17.9. The molecule has 1 aromatic rings. The van der Waals surface area contributed by atoms with Gasteiger partial charge in [0.25, 0.3) is 0 Å². The van der Waals surface area contributed by atoms with Gasteiger partial charge in [0.05, 0.1) is 5.41 Å². The minimum absolute atomic E-state index is 0.0742. The average Bonchev–Trinajstić information content (AvgIpc) is 2.85. The third-order valence-corrected chi connectivity index (χ3v) is 3.22. The summed E-state index contributed by atoms with van der Waals surface area (Å²) in [6.07, 6.45) is 7.84. The molecule has 66 valence electrons. The molecule has 2 rings (SSSR count). The molecule has 1 aromatic carbocycles. The lowest BCUT2D eigenvalue weighted by atomic mass is 9.93. The Labute approximate surface area is 87.5 Å². The minimum atomic E-state index is 0.0742. The van der Waals surface area contributed by atoms with E-state index in [-0.39, 0.29) is 5.41 Å². The van der Waals surface area contributed by atoms with Crippen LogP contribution < -0.4 is 0 Å². The Kier molecular flexibility index (Phi) is 1.96. The van der Waals surface area contributed by atoms with E-state index >= 15 is 0 Å². The highest BCUT2D eigenvalue weighted by molar-refractivity contribution is 9.10. The summed E-state index contributed by atoms with van der Waals surface area (Å²) in [5.41, 5.74) is 2.70. The number of benzene rings is 1. The predicted octanol–water partition coefficient (Wildman–Crippen LogP) is 3.42. The second kappa shape index (κ2) is 2.89. The maximum atomic E-state index is 5.55. The quantitative estimate of drug-likeness (QED) is 0.654. The maximum Gasteiger partial charge on any atom is 0.0564 e. The van der Waals surface area contributed by atoms with Crippen molar-refractivity contribution in [3.8, 4) is 12.3 Å². The summed E-state index contributed by atoms with van der Waals surface area (Å²) in [5, 5.41) is 0. The van der Waals surface area contributed by atoms with Crippen LogP contribution in [-0.2, 0) is 5.41 Å². The van der Waals surface area contributed by atoms with E-state index in [0.717, 1.165) is 17.3 Å². The number of hydrogen-bond donors (Lipinski definition) is 0. The van der Waals surface area contributed by atoms with Crippen molar-refractivity contribution in [2.45, 2.75) is 25.2 Å². The Morgan fingerprint density at radius 1 is 1.46 bits per heavy atom. The summed E-state index contributed by atoms with van der Waals surface area (Å²) >= 11 is 3.45. The van der Waals surface area contributed by atoms with E-state index in [9.17, 15) is 0 Å². The van der Waals surface area contributed by atoms with Crippen LogP contribution in [0.15, 0.2) is 22.7 Å². The molecule has 1 aliphatic rings. The first-order valence-corrected chi connectivity index (χ1v) is 5.22. The zero-order valence-electron chi connectivity index (χ0n) is 7.60. The van der Waals surface area contributed by atoms with E-state index in [0.29, 0.717) is 0 Å². The smallest absolute Gasteiger partial charge is 0.0564 e. The second-order valence-electron chi connectivity index (χ2n) is 3.69. The van der Waals surface area contributed by atoms with Crippen LogP contribution in [0.5, 0.6) is 0 Å². The molecule has 0 heterocycles. The fraction of sp³-hybridized carbons (Fsp3) is 0.333. The topological polar surface area (TPSA) is 0 Å². The molecule has 1 heteroatoms. The van der Waals surface area contributed by atoms with Gasteiger partial charge in [-0.25, -0.2) is 0 Å². The Bertz CT molecular complexity index is 381. The Hall–Kier alpha value is -0.740. The summed E-state index contributed by atoms with van der Waals surface area (Å²) in [6.45, 7) is 2.12. The minimum Gasteiger partial charge on any atom is -0.119 e. The zero-order chi connectivity index (χ0) is 9.47. The van der Waals surface area contributed by atoms with E-state index in [1.165, 1.54) is 11.1 Å². The largest absolute Gasteiger partial charge is 0.119 e. The van der Waals surface area contributed by atoms with Gasteiger partial charge in [0, 0.05) is 4.47 Å². The molecule has 0 spiro atoms. The predicted molar refractivity (Wildman–Crippen MR) is 58.6 cm³/mol.